The lowest BCUT2D eigenvalue weighted by Gasteiger charge is -2.25. The van der Waals surface area contributed by atoms with Gasteiger partial charge >= 0.3 is 0 Å². The number of hydrogen-bond acceptors (Lipinski definition) is 4. The zero-order valence-corrected chi connectivity index (χ0v) is 37.6. The Bertz CT molecular complexity index is 3290. The smallest absolute Gasteiger partial charge is 0.100 e. The van der Waals surface area contributed by atoms with Gasteiger partial charge in [0.15, 0.2) is 0 Å². The summed E-state index contributed by atoms with van der Waals surface area (Å²) in [5.41, 5.74) is 17.3. The summed E-state index contributed by atoms with van der Waals surface area (Å²) in [7, 11) is 0. The Balaban J connectivity index is 0.889. The van der Waals surface area contributed by atoms with Crippen LogP contribution in [0.5, 0.6) is 0 Å². The van der Waals surface area contributed by atoms with E-state index in [0.717, 1.165) is 60.9 Å². The van der Waals surface area contributed by atoms with Crippen LogP contribution >= 0.6 is 0 Å². The zero-order valence-electron chi connectivity index (χ0n) is 37.6. The molecule has 9 aromatic carbocycles. The highest BCUT2D eigenvalue weighted by atomic mass is 15.4. The first-order chi connectivity index (χ1) is 32.2. The second kappa shape index (κ2) is 17.6. The van der Waals surface area contributed by atoms with Crippen LogP contribution in [0.15, 0.2) is 182 Å². The molecular weight excluding hydrogens is 801 g/mol. The average Bonchev–Trinajstić information content (AvgIpc) is 4.09. The second-order valence-electron chi connectivity index (χ2n) is 17.6. The number of benzene rings is 9. The lowest BCUT2D eigenvalue weighted by Crippen LogP contribution is -2.09. The van der Waals surface area contributed by atoms with Gasteiger partial charge in [-0.3, -0.25) is 0 Å². The fourth-order valence-corrected chi connectivity index (χ4v) is 9.19. The molecule has 2 unspecified atom stereocenters. The largest absolute Gasteiger partial charge is 0.353 e. The van der Waals surface area contributed by atoms with Crippen molar-refractivity contribution >= 4 is 68.6 Å². The van der Waals surface area contributed by atoms with Gasteiger partial charge in [0.25, 0.3) is 0 Å². The van der Waals surface area contributed by atoms with E-state index in [1.54, 1.807) is 0 Å². The Morgan fingerprint density at radius 2 is 0.697 bits per heavy atom. The number of nitriles is 2. The molecule has 0 aromatic heterocycles. The normalized spacial score (nSPS) is 14.5. The highest BCUT2D eigenvalue weighted by molar-refractivity contribution is 6.10. The minimum absolute atomic E-state index is 0.287. The van der Waals surface area contributed by atoms with Crippen LogP contribution in [0.1, 0.15) is 78.8 Å². The maximum atomic E-state index is 10.6. The van der Waals surface area contributed by atoms with Crippen molar-refractivity contribution in [1.82, 2.24) is 0 Å². The monoisotopic (exact) mass is 848 g/mol. The first-order valence-electron chi connectivity index (χ1n) is 22.5. The van der Waals surface area contributed by atoms with E-state index in [1.807, 2.05) is 36.4 Å². The van der Waals surface area contributed by atoms with Crippen molar-refractivity contribution in [1.29, 1.82) is 10.5 Å². The molecule has 0 bridgehead atoms. The molecule has 4 heteroatoms. The number of nitrogens with zero attached hydrogens (tertiary/aromatic N) is 4. The van der Waals surface area contributed by atoms with E-state index >= 15 is 0 Å². The van der Waals surface area contributed by atoms with Crippen LogP contribution in [0.3, 0.4) is 0 Å². The van der Waals surface area contributed by atoms with Crippen LogP contribution in [0, 0.1) is 50.4 Å². The van der Waals surface area contributed by atoms with E-state index in [9.17, 15) is 10.5 Å². The van der Waals surface area contributed by atoms with Crippen LogP contribution < -0.4 is 9.80 Å². The Labute approximate surface area is 387 Å². The first kappa shape index (κ1) is 41.6. The average molecular weight is 849 g/mol. The Morgan fingerprint density at radius 1 is 0.379 bits per heavy atom. The van der Waals surface area contributed by atoms with Gasteiger partial charge in [-0.2, -0.15) is 10.5 Å². The quantitative estimate of drug-likeness (QED) is 0.0781. The van der Waals surface area contributed by atoms with Gasteiger partial charge in [0.1, 0.15) is 12.1 Å². The summed E-state index contributed by atoms with van der Waals surface area (Å²) >= 11 is 0. The number of hydrogen-bond donors (Lipinski definition) is 0. The standard InChI is InChI=1S/C62H48N4/c1-41-5-23-49(24-6-41)61-62(50-25-7-42(2)8-26-50)66(61)54-33-19-46(20-34-54)14-16-48-22-36-56-58(38-48)60(40-64)55-35-21-47(37-57(55)59(56)39-63)15-13-45-17-31-53(32-18-45)65(51-27-9-43(3)10-28-51)52-29-11-44(4)12-30-52/h5-38,61-62H,1-4H3/b15-13-,16-14-. The fourth-order valence-electron chi connectivity index (χ4n) is 9.19. The molecule has 1 aliphatic rings. The Hall–Kier alpha value is -8.44. The molecule has 1 saturated heterocycles. The molecule has 4 nitrogen and oxygen atoms in total. The first-order valence-corrected chi connectivity index (χ1v) is 22.5. The molecule has 2 atom stereocenters. The highest BCUT2D eigenvalue weighted by Gasteiger charge is 2.49. The molecule has 0 amide bonds. The van der Waals surface area contributed by atoms with E-state index in [1.165, 1.54) is 39.1 Å². The van der Waals surface area contributed by atoms with E-state index in [4.69, 9.17) is 0 Å². The topological polar surface area (TPSA) is 53.8 Å². The molecule has 316 valence electrons. The third-order valence-corrected chi connectivity index (χ3v) is 12.9. The van der Waals surface area contributed by atoms with Crippen molar-refractivity contribution in [2.45, 2.75) is 39.8 Å². The predicted octanol–water partition coefficient (Wildman–Crippen LogP) is 16.1. The van der Waals surface area contributed by atoms with Crippen LogP contribution in [-0.2, 0) is 0 Å². The number of anilines is 4. The summed E-state index contributed by atoms with van der Waals surface area (Å²) in [6.45, 7) is 8.47. The summed E-state index contributed by atoms with van der Waals surface area (Å²) < 4.78 is 0. The van der Waals surface area contributed by atoms with Gasteiger partial charge in [-0.05, 0) is 122 Å². The number of aryl methyl sites for hydroxylation is 4. The van der Waals surface area contributed by atoms with Crippen molar-refractivity contribution in [3.8, 4) is 12.1 Å². The Morgan fingerprint density at radius 3 is 1.08 bits per heavy atom. The van der Waals surface area contributed by atoms with Crippen LogP contribution in [0.2, 0.25) is 0 Å². The minimum Gasteiger partial charge on any atom is -0.353 e. The molecule has 1 fully saturated rings. The molecule has 0 saturated carbocycles. The van der Waals surface area contributed by atoms with E-state index < -0.39 is 0 Å². The minimum atomic E-state index is 0.287. The summed E-state index contributed by atoms with van der Waals surface area (Å²) in [4.78, 5) is 4.77. The van der Waals surface area contributed by atoms with Gasteiger partial charge in [0, 0.05) is 44.3 Å². The lowest BCUT2D eigenvalue weighted by atomic mass is 9.90. The van der Waals surface area contributed by atoms with Crippen molar-refractivity contribution < 1.29 is 0 Å². The van der Waals surface area contributed by atoms with E-state index in [2.05, 4.69) is 220 Å². The molecule has 0 spiro atoms. The maximum absolute atomic E-state index is 10.6. The number of rotatable bonds is 10. The third-order valence-electron chi connectivity index (χ3n) is 12.9. The summed E-state index contributed by atoms with van der Waals surface area (Å²) in [6, 6.07) is 69.9. The maximum Gasteiger partial charge on any atom is 0.100 e. The van der Waals surface area contributed by atoms with Crippen LogP contribution in [0.4, 0.5) is 22.7 Å². The zero-order chi connectivity index (χ0) is 45.3. The van der Waals surface area contributed by atoms with Gasteiger partial charge in [-0.15, -0.1) is 0 Å². The molecule has 1 heterocycles. The van der Waals surface area contributed by atoms with Gasteiger partial charge < -0.3 is 9.80 Å². The van der Waals surface area contributed by atoms with Gasteiger partial charge in [-0.25, -0.2) is 0 Å². The highest BCUT2D eigenvalue weighted by Crippen LogP contribution is 2.57. The molecular formula is C62H48N4. The SMILES string of the molecule is Cc1ccc(C2C(c3ccc(C)cc3)N2c2ccc(/C=C\c3ccc4c(C#N)c5cc(/C=C\c6ccc(N(c7ccc(C)cc7)c7ccc(C)cc7)cc6)ccc5c(C#N)c4c3)cc2)cc1. The van der Waals surface area contributed by atoms with Crippen molar-refractivity contribution in [2.75, 3.05) is 9.80 Å². The molecule has 0 aliphatic carbocycles. The van der Waals surface area contributed by atoms with Crippen molar-refractivity contribution in [3.63, 3.8) is 0 Å². The van der Waals surface area contributed by atoms with Crippen molar-refractivity contribution in [2.24, 2.45) is 0 Å². The summed E-state index contributed by atoms with van der Waals surface area (Å²) in [5.74, 6) is 0. The van der Waals surface area contributed by atoms with Crippen LogP contribution in [-0.4, -0.2) is 0 Å². The lowest BCUT2D eigenvalue weighted by molar-refractivity contribution is 1.02. The van der Waals surface area contributed by atoms with Crippen molar-refractivity contribution in [3.05, 3.63) is 249 Å². The van der Waals surface area contributed by atoms with Gasteiger partial charge in [0.05, 0.1) is 23.2 Å². The second-order valence-corrected chi connectivity index (χ2v) is 17.6. The summed E-state index contributed by atoms with van der Waals surface area (Å²) in [6.07, 6.45) is 8.34. The predicted molar refractivity (Wildman–Crippen MR) is 276 cm³/mol. The molecule has 10 rings (SSSR count). The molecule has 0 N–H and O–H groups in total. The van der Waals surface area contributed by atoms with E-state index in [0.29, 0.717) is 11.1 Å². The Kier molecular flexibility index (Phi) is 11.1. The molecule has 66 heavy (non-hydrogen) atoms. The third kappa shape index (κ3) is 8.25. The van der Waals surface area contributed by atoms with Gasteiger partial charge in [-0.1, -0.05) is 168 Å². The number of fused-ring (bicyclic) bond motifs is 2. The summed E-state index contributed by atoms with van der Waals surface area (Å²) in [5, 5.41) is 24.2. The fraction of sp³-hybridized carbons (Fsp3) is 0.0968. The van der Waals surface area contributed by atoms with Crippen LogP contribution in [0.25, 0.3) is 45.8 Å². The van der Waals surface area contributed by atoms with Gasteiger partial charge in [0.2, 0.25) is 0 Å². The molecule has 9 aromatic rings. The molecule has 0 radical (unpaired) electrons. The molecule has 1 aliphatic heterocycles. The van der Waals surface area contributed by atoms with E-state index in [-0.39, 0.29) is 12.1 Å².